The predicted molar refractivity (Wildman–Crippen MR) is 115 cm³/mol. The molecule has 2 aromatic heterocycles. The highest BCUT2D eigenvalue weighted by Gasteiger charge is 2.26. The lowest BCUT2D eigenvalue weighted by molar-refractivity contribution is 0.0964. The number of amides is 1. The second-order valence-electron chi connectivity index (χ2n) is 6.79. The van der Waals surface area contributed by atoms with E-state index in [1.165, 1.54) is 35.6 Å². The largest absolute Gasteiger partial charge is 0.437 e. The van der Waals surface area contributed by atoms with E-state index in [1.54, 1.807) is 19.1 Å². The van der Waals surface area contributed by atoms with E-state index in [-0.39, 0.29) is 29.4 Å². The number of hydrogen-bond acceptors (Lipinski definition) is 5. The summed E-state index contributed by atoms with van der Waals surface area (Å²) < 4.78 is 45.1. The average Bonchev–Trinajstić information content (AvgIpc) is 3.05. The SMILES string of the molecule is C=CCCN(c1nc2oc(-c3ccc(F)cc3)c(C(=O)NC)c2cc1C)S(C)(=O)=O. The van der Waals surface area contributed by atoms with E-state index >= 15 is 0 Å². The van der Waals surface area contributed by atoms with E-state index in [1.807, 2.05) is 0 Å². The molecular formula is C21H22FN3O4S. The van der Waals surface area contributed by atoms with Crippen molar-refractivity contribution in [2.24, 2.45) is 0 Å². The summed E-state index contributed by atoms with van der Waals surface area (Å²) in [5.41, 5.74) is 1.42. The maximum absolute atomic E-state index is 13.3. The zero-order valence-electron chi connectivity index (χ0n) is 16.9. The second kappa shape index (κ2) is 8.27. The highest BCUT2D eigenvalue weighted by Crippen LogP contribution is 2.35. The Morgan fingerprint density at radius 3 is 2.57 bits per heavy atom. The fraction of sp³-hybridized carbons (Fsp3) is 0.238. The van der Waals surface area contributed by atoms with Crippen molar-refractivity contribution < 1.29 is 22.0 Å². The van der Waals surface area contributed by atoms with Crippen LogP contribution in [0.3, 0.4) is 0 Å². The Morgan fingerprint density at radius 2 is 2.00 bits per heavy atom. The fourth-order valence-corrected chi connectivity index (χ4v) is 4.10. The minimum absolute atomic E-state index is 0.112. The highest BCUT2D eigenvalue weighted by atomic mass is 32.2. The van der Waals surface area contributed by atoms with Gasteiger partial charge in [0.2, 0.25) is 15.7 Å². The number of rotatable bonds is 7. The van der Waals surface area contributed by atoms with Crippen LogP contribution in [0, 0.1) is 12.7 Å². The summed E-state index contributed by atoms with van der Waals surface area (Å²) in [6.45, 7) is 5.52. The van der Waals surface area contributed by atoms with Gasteiger partial charge >= 0.3 is 0 Å². The van der Waals surface area contributed by atoms with Crippen molar-refractivity contribution in [2.45, 2.75) is 13.3 Å². The molecule has 0 fully saturated rings. The van der Waals surface area contributed by atoms with E-state index in [0.29, 0.717) is 22.9 Å². The van der Waals surface area contributed by atoms with Crippen LogP contribution in [-0.2, 0) is 10.0 Å². The van der Waals surface area contributed by atoms with Gasteiger partial charge in [0.05, 0.1) is 17.2 Å². The van der Waals surface area contributed by atoms with Crippen molar-refractivity contribution in [1.82, 2.24) is 10.3 Å². The third-order valence-corrected chi connectivity index (χ3v) is 5.74. The van der Waals surface area contributed by atoms with Crippen LogP contribution >= 0.6 is 0 Å². The highest BCUT2D eigenvalue weighted by molar-refractivity contribution is 7.92. The number of aryl methyl sites for hydroxylation is 1. The molecule has 158 valence electrons. The van der Waals surface area contributed by atoms with Gasteiger partial charge in [0.1, 0.15) is 17.4 Å². The number of carbonyl (C=O) groups is 1. The summed E-state index contributed by atoms with van der Waals surface area (Å²) >= 11 is 0. The van der Waals surface area contributed by atoms with Crippen LogP contribution in [0.4, 0.5) is 10.2 Å². The van der Waals surface area contributed by atoms with E-state index in [0.717, 1.165) is 6.26 Å². The van der Waals surface area contributed by atoms with Gasteiger partial charge in [-0.2, -0.15) is 4.98 Å². The Hall–Kier alpha value is -3.20. The quantitative estimate of drug-likeness (QED) is 0.577. The smallest absolute Gasteiger partial charge is 0.255 e. The summed E-state index contributed by atoms with van der Waals surface area (Å²) in [6, 6.07) is 7.20. The molecule has 3 aromatic rings. The number of nitrogens with zero attached hydrogens (tertiary/aromatic N) is 2. The van der Waals surface area contributed by atoms with Crippen molar-refractivity contribution in [3.05, 3.63) is 59.9 Å². The molecule has 1 amide bonds. The van der Waals surface area contributed by atoms with Crippen LogP contribution in [-0.4, -0.2) is 39.2 Å². The fourth-order valence-electron chi connectivity index (χ4n) is 3.16. The minimum atomic E-state index is -3.60. The van der Waals surface area contributed by atoms with Crippen LogP contribution in [0.2, 0.25) is 0 Å². The van der Waals surface area contributed by atoms with Crippen molar-refractivity contribution >= 4 is 32.8 Å². The normalized spacial score (nSPS) is 11.5. The first-order chi connectivity index (χ1) is 14.2. The molecule has 0 unspecified atom stereocenters. The van der Waals surface area contributed by atoms with Crippen molar-refractivity contribution in [3.63, 3.8) is 0 Å². The van der Waals surface area contributed by atoms with Gasteiger partial charge in [0.25, 0.3) is 5.91 Å². The molecule has 1 aromatic carbocycles. The molecule has 1 N–H and O–H groups in total. The Bertz CT molecular complexity index is 1220. The van der Waals surface area contributed by atoms with Gasteiger partial charge < -0.3 is 9.73 Å². The Morgan fingerprint density at radius 1 is 1.33 bits per heavy atom. The predicted octanol–water partition coefficient (Wildman–Crippen LogP) is 3.64. The molecule has 30 heavy (non-hydrogen) atoms. The molecule has 7 nitrogen and oxygen atoms in total. The van der Waals surface area contributed by atoms with E-state index in [9.17, 15) is 17.6 Å². The third-order valence-electron chi connectivity index (χ3n) is 4.58. The average molecular weight is 431 g/mol. The Balaban J connectivity index is 2.27. The molecule has 0 aliphatic heterocycles. The van der Waals surface area contributed by atoms with E-state index in [2.05, 4.69) is 16.9 Å². The van der Waals surface area contributed by atoms with Crippen molar-refractivity contribution in [3.8, 4) is 11.3 Å². The zero-order chi connectivity index (χ0) is 22.1. The number of halogens is 1. The molecule has 0 saturated heterocycles. The molecule has 2 heterocycles. The van der Waals surface area contributed by atoms with Crippen LogP contribution in [0.15, 0.2) is 47.4 Å². The number of aromatic nitrogens is 1. The lowest BCUT2D eigenvalue weighted by atomic mass is 10.0. The number of hydrogen-bond donors (Lipinski definition) is 1. The summed E-state index contributed by atoms with van der Waals surface area (Å²) in [4.78, 5) is 17.0. The van der Waals surface area contributed by atoms with Gasteiger partial charge in [0, 0.05) is 19.2 Å². The molecule has 3 rings (SSSR count). The first-order valence-corrected chi connectivity index (χ1v) is 11.0. The molecule has 0 bridgehead atoms. The lowest BCUT2D eigenvalue weighted by Gasteiger charge is -2.22. The number of carbonyl (C=O) groups excluding carboxylic acids is 1. The van der Waals surface area contributed by atoms with Gasteiger partial charge in [-0.1, -0.05) is 6.08 Å². The lowest BCUT2D eigenvalue weighted by Crippen LogP contribution is -2.32. The first kappa shape index (κ1) is 21.5. The monoisotopic (exact) mass is 431 g/mol. The summed E-state index contributed by atoms with van der Waals surface area (Å²) in [7, 11) is -2.11. The Labute approximate surface area is 174 Å². The summed E-state index contributed by atoms with van der Waals surface area (Å²) in [5, 5.41) is 3.01. The second-order valence-corrected chi connectivity index (χ2v) is 8.69. The van der Waals surface area contributed by atoms with Gasteiger partial charge in [0.15, 0.2) is 0 Å². The topological polar surface area (TPSA) is 92.5 Å². The molecule has 0 radical (unpaired) electrons. The summed E-state index contributed by atoms with van der Waals surface area (Å²) in [6.07, 6.45) is 3.16. The van der Waals surface area contributed by atoms with Crippen LogP contribution in [0.1, 0.15) is 22.3 Å². The molecule has 0 atom stereocenters. The number of anilines is 1. The molecule has 0 aliphatic carbocycles. The number of sulfonamides is 1. The van der Waals surface area contributed by atoms with E-state index < -0.39 is 21.7 Å². The minimum Gasteiger partial charge on any atom is -0.437 e. The number of pyridine rings is 1. The summed E-state index contributed by atoms with van der Waals surface area (Å²) in [5.74, 6) is -0.368. The van der Waals surface area contributed by atoms with E-state index in [4.69, 9.17) is 4.42 Å². The van der Waals surface area contributed by atoms with Crippen LogP contribution < -0.4 is 9.62 Å². The van der Waals surface area contributed by atoms with Gasteiger partial charge in [-0.25, -0.2) is 12.8 Å². The number of benzene rings is 1. The van der Waals surface area contributed by atoms with Gasteiger partial charge in [-0.05, 0) is 49.2 Å². The first-order valence-electron chi connectivity index (χ1n) is 9.18. The van der Waals surface area contributed by atoms with Crippen LogP contribution in [0.5, 0.6) is 0 Å². The zero-order valence-corrected chi connectivity index (χ0v) is 17.7. The van der Waals surface area contributed by atoms with Gasteiger partial charge in [-0.3, -0.25) is 9.10 Å². The molecular weight excluding hydrogens is 409 g/mol. The standard InChI is InChI=1S/C21H22FN3O4S/c1-5-6-11-25(30(4,27)28)19-13(2)12-16-17(20(26)23-3)18(29-21(16)24-19)14-7-9-15(22)10-8-14/h5,7-10,12H,1,6,11H2,2-4H3,(H,23,26). The van der Waals surface area contributed by atoms with Crippen LogP contribution in [0.25, 0.3) is 22.4 Å². The number of nitrogens with one attached hydrogen (secondary N) is 1. The maximum Gasteiger partial charge on any atom is 0.255 e. The molecule has 9 heteroatoms. The Kier molecular flexibility index (Phi) is 5.93. The number of fused-ring (bicyclic) bond motifs is 1. The number of furan rings is 1. The molecule has 0 aliphatic rings. The van der Waals surface area contributed by atoms with Crippen molar-refractivity contribution in [1.29, 1.82) is 0 Å². The molecule has 0 spiro atoms. The van der Waals surface area contributed by atoms with Crippen molar-refractivity contribution in [2.75, 3.05) is 24.2 Å². The van der Waals surface area contributed by atoms with Gasteiger partial charge in [-0.15, -0.1) is 6.58 Å². The third kappa shape index (κ3) is 4.06. The maximum atomic E-state index is 13.3. The molecule has 0 saturated carbocycles.